The Morgan fingerprint density at radius 1 is 0.867 bits per heavy atom. The lowest BCUT2D eigenvalue weighted by molar-refractivity contribution is -0.130. The molecule has 5 aliphatic rings. The molecule has 0 amide bonds. The quantitative estimate of drug-likeness (QED) is 0.592. The predicted molar refractivity (Wildman–Crippen MR) is 122 cm³/mol. The number of aliphatic hydroxyl groups excluding tert-OH is 2. The normalized spacial score (nSPS) is 57.2. The third kappa shape index (κ3) is 3.24. The molecule has 4 aliphatic carbocycles. The van der Waals surface area contributed by atoms with Gasteiger partial charge in [-0.1, -0.05) is 27.7 Å². The van der Waals surface area contributed by atoms with Crippen LogP contribution >= 0.6 is 0 Å². The Morgan fingerprint density at radius 2 is 1.63 bits per heavy atom. The van der Waals surface area contributed by atoms with Crippen molar-refractivity contribution in [1.29, 1.82) is 0 Å². The van der Waals surface area contributed by atoms with Gasteiger partial charge < -0.3 is 15.5 Å². The second kappa shape index (κ2) is 7.73. The van der Waals surface area contributed by atoms with Gasteiger partial charge in [0.15, 0.2) is 0 Å². The number of piperidine rings is 1. The van der Waals surface area contributed by atoms with Crippen LogP contribution in [0.15, 0.2) is 0 Å². The molecule has 1 heterocycles. The van der Waals surface area contributed by atoms with Crippen molar-refractivity contribution < 1.29 is 10.2 Å². The minimum atomic E-state index is -0.117. The number of hydrogen-bond donors (Lipinski definition) is 3. The standard InChI is InChI=1S/C27H47NO2/c1-16-5-8-23(28-15-16)17(2)25-24(30)14-22-20-7-6-18-13-19(29)9-11-26(18,3)21(20)10-12-27(22,25)4/h16-25,28-30H,5-15H2,1-4H3/t16-,17-,18+,19+,20-,21+,22+,23+,24+,25+,26+,27+/m1/s1. The Kier molecular flexibility index (Phi) is 5.60. The highest BCUT2D eigenvalue weighted by Crippen LogP contribution is 2.68. The van der Waals surface area contributed by atoms with Crippen LogP contribution in [0.2, 0.25) is 0 Å². The minimum Gasteiger partial charge on any atom is -0.393 e. The monoisotopic (exact) mass is 417 g/mol. The summed E-state index contributed by atoms with van der Waals surface area (Å²) in [4.78, 5) is 0. The fourth-order valence-corrected chi connectivity index (χ4v) is 9.96. The van der Waals surface area contributed by atoms with Crippen LogP contribution in [0.1, 0.15) is 91.9 Å². The van der Waals surface area contributed by atoms with Crippen molar-refractivity contribution in [3.05, 3.63) is 0 Å². The van der Waals surface area contributed by atoms with Crippen LogP contribution in [0.5, 0.6) is 0 Å². The number of aliphatic hydroxyl groups is 2. The van der Waals surface area contributed by atoms with Crippen molar-refractivity contribution in [2.45, 2.75) is 110 Å². The Labute approximate surface area is 184 Å². The zero-order valence-electron chi connectivity index (χ0n) is 19.9. The first kappa shape index (κ1) is 21.7. The highest BCUT2D eigenvalue weighted by Gasteiger charge is 2.63. The predicted octanol–water partition coefficient (Wildman–Crippen LogP) is 5.00. The van der Waals surface area contributed by atoms with Gasteiger partial charge in [-0.25, -0.2) is 0 Å². The maximum atomic E-state index is 11.4. The van der Waals surface area contributed by atoms with Crippen molar-refractivity contribution in [1.82, 2.24) is 5.32 Å². The zero-order chi connectivity index (χ0) is 21.3. The molecule has 12 atom stereocenters. The first-order chi connectivity index (χ1) is 14.2. The van der Waals surface area contributed by atoms with Gasteiger partial charge in [-0.2, -0.15) is 0 Å². The molecular weight excluding hydrogens is 370 g/mol. The van der Waals surface area contributed by atoms with Gasteiger partial charge in [0.1, 0.15) is 0 Å². The largest absolute Gasteiger partial charge is 0.393 e. The molecule has 0 spiro atoms. The van der Waals surface area contributed by atoms with E-state index >= 15 is 0 Å². The summed E-state index contributed by atoms with van der Waals surface area (Å²) >= 11 is 0. The van der Waals surface area contributed by atoms with E-state index < -0.39 is 0 Å². The van der Waals surface area contributed by atoms with E-state index in [2.05, 4.69) is 33.0 Å². The highest BCUT2D eigenvalue weighted by molar-refractivity contribution is 5.12. The lowest BCUT2D eigenvalue weighted by atomic mass is 9.44. The molecule has 4 saturated carbocycles. The summed E-state index contributed by atoms with van der Waals surface area (Å²) in [5.74, 6) is 4.85. The molecule has 172 valence electrons. The summed E-state index contributed by atoms with van der Waals surface area (Å²) in [5, 5.41) is 25.5. The molecule has 0 bridgehead atoms. The second-order valence-electron chi connectivity index (χ2n) is 13.0. The van der Waals surface area contributed by atoms with Gasteiger partial charge in [0.25, 0.3) is 0 Å². The van der Waals surface area contributed by atoms with Crippen LogP contribution < -0.4 is 5.32 Å². The first-order valence-electron chi connectivity index (χ1n) is 13.3. The summed E-state index contributed by atoms with van der Waals surface area (Å²) < 4.78 is 0. The molecule has 30 heavy (non-hydrogen) atoms. The van der Waals surface area contributed by atoms with Gasteiger partial charge in [-0.05, 0) is 123 Å². The topological polar surface area (TPSA) is 52.5 Å². The Bertz CT molecular complexity index is 630. The van der Waals surface area contributed by atoms with Crippen LogP contribution in [0.3, 0.4) is 0 Å². The van der Waals surface area contributed by atoms with E-state index in [4.69, 9.17) is 0 Å². The molecule has 3 nitrogen and oxygen atoms in total. The van der Waals surface area contributed by atoms with E-state index in [9.17, 15) is 10.2 Å². The van der Waals surface area contributed by atoms with Crippen molar-refractivity contribution in [3.8, 4) is 0 Å². The van der Waals surface area contributed by atoms with Crippen LogP contribution in [-0.2, 0) is 0 Å². The molecule has 0 unspecified atom stereocenters. The number of rotatable bonds is 2. The number of nitrogens with one attached hydrogen (secondary N) is 1. The van der Waals surface area contributed by atoms with Gasteiger partial charge in [-0.15, -0.1) is 0 Å². The second-order valence-corrected chi connectivity index (χ2v) is 13.0. The zero-order valence-corrected chi connectivity index (χ0v) is 19.9. The summed E-state index contributed by atoms with van der Waals surface area (Å²) in [6.07, 6.45) is 12.0. The van der Waals surface area contributed by atoms with E-state index in [1.807, 2.05) is 0 Å². The summed E-state index contributed by atoms with van der Waals surface area (Å²) in [6.45, 7) is 11.1. The van der Waals surface area contributed by atoms with Gasteiger partial charge >= 0.3 is 0 Å². The van der Waals surface area contributed by atoms with E-state index in [1.54, 1.807) is 0 Å². The lowest BCUT2D eigenvalue weighted by Crippen LogP contribution is -2.55. The average Bonchev–Trinajstić information content (AvgIpc) is 2.98. The molecule has 0 aromatic carbocycles. The van der Waals surface area contributed by atoms with E-state index in [0.29, 0.717) is 34.6 Å². The molecule has 1 saturated heterocycles. The fraction of sp³-hybridized carbons (Fsp3) is 1.00. The maximum absolute atomic E-state index is 11.4. The Balaban J connectivity index is 1.37. The van der Waals surface area contributed by atoms with Gasteiger partial charge in [0.05, 0.1) is 12.2 Å². The number of fused-ring (bicyclic) bond motifs is 5. The molecule has 3 N–H and O–H groups in total. The molecular formula is C27H47NO2. The van der Waals surface area contributed by atoms with E-state index in [-0.39, 0.29) is 12.2 Å². The van der Waals surface area contributed by atoms with Crippen LogP contribution in [0, 0.1) is 52.3 Å². The summed E-state index contributed by atoms with van der Waals surface area (Å²) in [6, 6.07) is 0.585. The third-order valence-electron chi connectivity index (χ3n) is 11.6. The maximum Gasteiger partial charge on any atom is 0.0579 e. The molecule has 5 rings (SSSR count). The van der Waals surface area contributed by atoms with Crippen molar-refractivity contribution >= 4 is 0 Å². The SMILES string of the molecule is C[C@@H]1CC[C@@H]([C@@H](C)[C@H]2[C@@H](O)C[C@H]3[C@@H]4CC[C@H]5C[C@@H](O)CC[C@]5(C)[C@H]4CC[C@]23C)NC1. The van der Waals surface area contributed by atoms with Crippen molar-refractivity contribution in [2.24, 2.45) is 52.3 Å². The summed E-state index contributed by atoms with van der Waals surface area (Å²) in [7, 11) is 0. The Morgan fingerprint density at radius 3 is 2.37 bits per heavy atom. The van der Waals surface area contributed by atoms with E-state index in [0.717, 1.165) is 49.5 Å². The van der Waals surface area contributed by atoms with Gasteiger partial charge in [0.2, 0.25) is 0 Å². The molecule has 0 radical (unpaired) electrons. The van der Waals surface area contributed by atoms with Crippen molar-refractivity contribution in [2.75, 3.05) is 6.54 Å². The molecule has 1 aliphatic heterocycles. The molecule has 5 fully saturated rings. The molecule has 0 aromatic rings. The van der Waals surface area contributed by atoms with Crippen LogP contribution in [0.25, 0.3) is 0 Å². The third-order valence-corrected chi connectivity index (χ3v) is 11.6. The Hall–Kier alpha value is -0.120. The van der Waals surface area contributed by atoms with Crippen molar-refractivity contribution in [3.63, 3.8) is 0 Å². The van der Waals surface area contributed by atoms with Crippen LogP contribution in [0.4, 0.5) is 0 Å². The fourth-order valence-electron chi connectivity index (χ4n) is 9.96. The number of hydrogen-bond acceptors (Lipinski definition) is 3. The van der Waals surface area contributed by atoms with E-state index in [1.165, 1.54) is 44.9 Å². The molecule has 3 heteroatoms. The first-order valence-corrected chi connectivity index (χ1v) is 13.3. The lowest BCUT2D eigenvalue weighted by Gasteiger charge is -2.61. The van der Waals surface area contributed by atoms with Gasteiger partial charge in [0, 0.05) is 6.04 Å². The minimum absolute atomic E-state index is 0.0577. The average molecular weight is 418 g/mol. The van der Waals surface area contributed by atoms with Gasteiger partial charge in [-0.3, -0.25) is 0 Å². The molecule has 0 aromatic heterocycles. The highest BCUT2D eigenvalue weighted by atomic mass is 16.3. The van der Waals surface area contributed by atoms with Crippen LogP contribution in [-0.4, -0.2) is 35.0 Å². The smallest absolute Gasteiger partial charge is 0.0579 e. The summed E-state index contributed by atoms with van der Waals surface area (Å²) in [5.41, 5.74) is 0.737.